The first-order valence-electron chi connectivity index (χ1n) is 6.19. The van der Waals surface area contributed by atoms with Gasteiger partial charge >= 0.3 is 0 Å². The Labute approximate surface area is 113 Å². The van der Waals surface area contributed by atoms with Crippen LogP contribution in [-0.4, -0.2) is 28.4 Å². The molecular formula is C13H18Cl2N2. The number of likely N-dealkylation sites (tertiary alicyclic amines) is 1. The average Bonchev–Trinajstić information content (AvgIpc) is 2.35. The zero-order valence-corrected chi connectivity index (χ0v) is 11.4. The van der Waals surface area contributed by atoms with Crippen molar-refractivity contribution in [2.24, 2.45) is 0 Å². The molecular weight excluding hydrogens is 255 g/mol. The molecule has 94 valence electrons. The van der Waals surface area contributed by atoms with Crippen LogP contribution in [-0.2, 0) is 6.54 Å². The topological polar surface area (TPSA) is 16.1 Å². The van der Waals surface area contributed by atoms with E-state index in [1.165, 1.54) is 24.8 Å². The van der Waals surface area contributed by atoms with E-state index in [1.807, 2.05) is 12.3 Å². The van der Waals surface area contributed by atoms with Crippen LogP contribution in [0, 0.1) is 0 Å². The molecule has 0 radical (unpaired) electrons. The summed E-state index contributed by atoms with van der Waals surface area (Å²) < 4.78 is 0. The lowest BCUT2D eigenvalue weighted by Gasteiger charge is -2.35. The Morgan fingerprint density at radius 1 is 1.41 bits per heavy atom. The van der Waals surface area contributed by atoms with Gasteiger partial charge in [-0.1, -0.05) is 18.0 Å². The van der Waals surface area contributed by atoms with Crippen LogP contribution in [0.1, 0.15) is 31.2 Å². The van der Waals surface area contributed by atoms with Gasteiger partial charge in [-0.15, -0.1) is 11.6 Å². The van der Waals surface area contributed by atoms with Gasteiger partial charge in [0.25, 0.3) is 0 Å². The molecule has 2 heterocycles. The van der Waals surface area contributed by atoms with Gasteiger partial charge in [-0.2, -0.15) is 0 Å². The minimum absolute atomic E-state index is 0.616. The van der Waals surface area contributed by atoms with Crippen molar-refractivity contribution in [2.75, 3.05) is 12.4 Å². The molecule has 1 fully saturated rings. The highest BCUT2D eigenvalue weighted by Crippen LogP contribution is 2.24. The minimum atomic E-state index is 0.616. The van der Waals surface area contributed by atoms with E-state index in [4.69, 9.17) is 23.2 Å². The van der Waals surface area contributed by atoms with Gasteiger partial charge in [-0.05, 0) is 37.4 Å². The smallest absolute Gasteiger partial charge is 0.0634 e. The molecule has 1 aromatic rings. The SMILES string of the molecule is ClCCC1CCCCN1Cc1ccncc1Cl. The normalized spacial score (nSPS) is 21.6. The molecule has 0 aromatic carbocycles. The first-order chi connectivity index (χ1) is 8.31. The number of piperidine rings is 1. The van der Waals surface area contributed by atoms with E-state index in [0.717, 1.165) is 30.4 Å². The molecule has 4 heteroatoms. The van der Waals surface area contributed by atoms with Gasteiger partial charge in [0.1, 0.15) is 0 Å². The van der Waals surface area contributed by atoms with Crippen LogP contribution < -0.4 is 0 Å². The average molecular weight is 273 g/mol. The first-order valence-corrected chi connectivity index (χ1v) is 7.11. The lowest BCUT2D eigenvalue weighted by Crippen LogP contribution is -2.39. The van der Waals surface area contributed by atoms with Crippen molar-refractivity contribution in [1.29, 1.82) is 0 Å². The molecule has 1 aromatic heterocycles. The van der Waals surface area contributed by atoms with Crippen molar-refractivity contribution in [3.8, 4) is 0 Å². The van der Waals surface area contributed by atoms with Crippen LogP contribution >= 0.6 is 23.2 Å². The van der Waals surface area contributed by atoms with Gasteiger partial charge in [-0.25, -0.2) is 0 Å². The van der Waals surface area contributed by atoms with Crippen molar-refractivity contribution in [3.05, 3.63) is 29.0 Å². The van der Waals surface area contributed by atoms with Gasteiger partial charge in [0, 0.05) is 30.9 Å². The monoisotopic (exact) mass is 272 g/mol. The molecule has 0 aliphatic carbocycles. The maximum absolute atomic E-state index is 6.15. The van der Waals surface area contributed by atoms with Gasteiger partial charge in [0.15, 0.2) is 0 Å². The molecule has 1 aliphatic heterocycles. The van der Waals surface area contributed by atoms with Gasteiger partial charge < -0.3 is 0 Å². The number of rotatable bonds is 4. The van der Waals surface area contributed by atoms with E-state index in [2.05, 4.69) is 9.88 Å². The highest BCUT2D eigenvalue weighted by Gasteiger charge is 2.22. The van der Waals surface area contributed by atoms with Crippen LogP contribution in [0.5, 0.6) is 0 Å². The first kappa shape index (κ1) is 13.1. The lowest BCUT2D eigenvalue weighted by molar-refractivity contribution is 0.137. The maximum Gasteiger partial charge on any atom is 0.0634 e. The van der Waals surface area contributed by atoms with Crippen molar-refractivity contribution in [2.45, 2.75) is 38.3 Å². The van der Waals surface area contributed by atoms with Crippen LogP contribution in [0.2, 0.25) is 5.02 Å². The number of hydrogen-bond acceptors (Lipinski definition) is 2. The van der Waals surface area contributed by atoms with Crippen molar-refractivity contribution < 1.29 is 0 Å². The fraction of sp³-hybridized carbons (Fsp3) is 0.615. The Morgan fingerprint density at radius 2 is 2.29 bits per heavy atom. The largest absolute Gasteiger partial charge is 0.296 e. The molecule has 0 N–H and O–H groups in total. The Balaban J connectivity index is 2.03. The van der Waals surface area contributed by atoms with E-state index < -0.39 is 0 Å². The molecule has 0 spiro atoms. The van der Waals surface area contributed by atoms with E-state index in [0.29, 0.717) is 6.04 Å². The number of halogens is 2. The van der Waals surface area contributed by atoms with E-state index in [1.54, 1.807) is 6.20 Å². The summed E-state index contributed by atoms with van der Waals surface area (Å²) in [6.45, 7) is 2.07. The summed E-state index contributed by atoms with van der Waals surface area (Å²) in [5.41, 5.74) is 1.17. The van der Waals surface area contributed by atoms with Crippen molar-refractivity contribution >= 4 is 23.2 Å². The molecule has 1 unspecified atom stereocenters. The van der Waals surface area contributed by atoms with E-state index in [9.17, 15) is 0 Å². The third-order valence-electron chi connectivity index (χ3n) is 3.42. The van der Waals surface area contributed by atoms with Crippen LogP contribution in [0.3, 0.4) is 0 Å². The predicted octanol–water partition coefficient (Wildman–Crippen LogP) is 3.72. The van der Waals surface area contributed by atoms with Crippen molar-refractivity contribution in [1.82, 2.24) is 9.88 Å². The maximum atomic E-state index is 6.15. The Hall–Kier alpha value is -0.310. The Bertz CT molecular complexity index is 355. The highest BCUT2D eigenvalue weighted by molar-refractivity contribution is 6.31. The summed E-state index contributed by atoms with van der Waals surface area (Å²) >= 11 is 12.0. The van der Waals surface area contributed by atoms with Crippen LogP contribution in [0.25, 0.3) is 0 Å². The molecule has 1 atom stereocenters. The molecule has 0 saturated carbocycles. The number of nitrogens with zero attached hydrogens (tertiary/aromatic N) is 2. The van der Waals surface area contributed by atoms with Gasteiger partial charge in [0.2, 0.25) is 0 Å². The summed E-state index contributed by atoms with van der Waals surface area (Å²) in [7, 11) is 0. The highest BCUT2D eigenvalue weighted by atomic mass is 35.5. The molecule has 2 rings (SSSR count). The predicted molar refractivity (Wildman–Crippen MR) is 72.6 cm³/mol. The minimum Gasteiger partial charge on any atom is -0.296 e. The number of hydrogen-bond donors (Lipinski definition) is 0. The quantitative estimate of drug-likeness (QED) is 0.777. The second kappa shape index (κ2) is 6.58. The summed E-state index contributed by atoms with van der Waals surface area (Å²) in [6, 6.07) is 2.62. The van der Waals surface area contributed by atoms with E-state index >= 15 is 0 Å². The van der Waals surface area contributed by atoms with E-state index in [-0.39, 0.29) is 0 Å². The summed E-state index contributed by atoms with van der Waals surface area (Å²) in [5.74, 6) is 0.741. The standard InChI is InChI=1S/C13H18Cl2N2/c14-6-4-12-3-1-2-8-17(12)10-11-5-7-16-9-13(11)15/h5,7,9,12H,1-4,6,8,10H2. The zero-order chi connectivity index (χ0) is 12.1. The lowest BCUT2D eigenvalue weighted by atomic mass is 9.99. The van der Waals surface area contributed by atoms with Crippen LogP contribution in [0.15, 0.2) is 18.5 Å². The zero-order valence-electron chi connectivity index (χ0n) is 9.91. The van der Waals surface area contributed by atoms with Crippen molar-refractivity contribution in [3.63, 3.8) is 0 Å². The number of pyridine rings is 1. The summed E-state index contributed by atoms with van der Waals surface area (Å²) in [5, 5.41) is 0.766. The third kappa shape index (κ3) is 3.57. The van der Waals surface area contributed by atoms with Gasteiger partial charge in [0.05, 0.1) is 5.02 Å². The Kier molecular flexibility index (Phi) is 5.08. The molecule has 17 heavy (non-hydrogen) atoms. The van der Waals surface area contributed by atoms with Crippen LogP contribution in [0.4, 0.5) is 0 Å². The second-order valence-electron chi connectivity index (χ2n) is 4.56. The fourth-order valence-electron chi connectivity index (χ4n) is 2.47. The molecule has 1 saturated heterocycles. The summed E-state index contributed by atoms with van der Waals surface area (Å²) in [4.78, 5) is 6.53. The molecule has 0 amide bonds. The number of aromatic nitrogens is 1. The fourth-order valence-corrected chi connectivity index (χ4v) is 2.90. The molecule has 0 bridgehead atoms. The molecule has 1 aliphatic rings. The number of alkyl halides is 1. The third-order valence-corrected chi connectivity index (χ3v) is 3.98. The summed E-state index contributed by atoms with van der Waals surface area (Å²) in [6.07, 6.45) is 8.46. The molecule has 2 nitrogen and oxygen atoms in total. The Morgan fingerprint density at radius 3 is 3.06 bits per heavy atom. The van der Waals surface area contributed by atoms with Gasteiger partial charge in [-0.3, -0.25) is 9.88 Å². The second-order valence-corrected chi connectivity index (χ2v) is 5.35.